The number of hydrogen-bond donors (Lipinski definition) is 4. The zero-order chi connectivity index (χ0) is 98.3. The van der Waals surface area contributed by atoms with Crippen molar-refractivity contribution in [2.75, 3.05) is 176 Å². The molecule has 9 aliphatic rings. The fourth-order valence-electron chi connectivity index (χ4n) is 17.3. The summed E-state index contributed by atoms with van der Waals surface area (Å²) in [6.07, 6.45) is 1.69. The number of aromatic nitrogens is 16. The van der Waals surface area contributed by atoms with Gasteiger partial charge < -0.3 is 101 Å². The first-order valence-electron chi connectivity index (χ1n) is 47.2. The van der Waals surface area contributed by atoms with Gasteiger partial charge in [0.05, 0.1) is 218 Å². The molecule has 0 aliphatic carbocycles. The third-order valence-corrected chi connectivity index (χ3v) is 28.5. The van der Waals surface area contributed by atoms with Crippen molar-refractivity contribution in [2.24, 2.45) is 0 Å². The van der Waals surface area contributed by atoms with Crippen LogP contribution >= 0.6 is 101 Å². The Morgan fingerprint density at radius 2 is 0.711 bits per heavy atom. The average Bonchev–Trinajstić information content (AvgIpc) is 1.59. The largest absolute Gasteiger partial charge is 0.494 e. The maximum atomic E-state index is 6.17. The van der Waals surface area contributed by atoms with Crippen LogP contribution in [0.2, 0.25) is 20.2 Å². The number of fused-ring (bicyclic) bond motifs is 5. The number of anilines is 9. The lowest BCUT2D eigenvalue weighted by Crippen LogP contribution is -2.41. The molecular weight excluding hydrogens is 2130 g/mol. The zero-order valence-electron chi connectivity index (χ0n) is 79.7. The number of alkyl halides is 1. The van der Waals surface area contributed by atoms with Gasteiger partial charge in [-0.1, -0.05) is 119 Å². The first kappa shape index (κ1) is 100. The molecule has 0 atom stereocenters. The summed E-state index contributed by atoms with van der Waals surface area (Å²) in [6.45, 7) is 33.1. The number of ether oxygens (including phenoxy) is 8. The van der Waals surface area contributed by atoms with Gasteiger partial charge in [0, 0.05) is 110 Å². The number of rotatable bonds is 16. The first-order valence-corrected chi connectivity index (χ1v) is 51.6. The van der Waals surface area contributed by atoms with Gasteiger partial charge in [0.15, 0.2) is 0 Å². The van der Waals surface area contributed by atoms with Crippen LogP contribution in [0.3, 0.4) is 0 Å². The van der Waals surface area contributed by atoms with E-state index < -0.39 is 0 Å². The summed E-state index contributed by atoms with van der Waals surface area (Å²) >= 11 is 33.3. The number of nitrogens with one attached hydrogen (secondary N) is 4. The van der Waals surface area contributed by atoms with Crippen LogP contribution in [-0.2, 0) is 47.2 Å². The van der Waals surface area contributed by atoms with Gasteiger partial charge in [0.25, 0.3) is 0 Å². The molecule has 142 heavy (non-hydrogen) atoms. The van der Waals surface area contributed by atoms with Crippen molar-refractivity contribution in [1.29, 1.82) is 0 Å². The molecule has 17 heterocycles. The molecule has 0 saturated carbocycles. The van der Waals surface area contributed by atoms with Crippen molar-refractivity contribution < 1.29 is 47.2 Å². The molecule has 0 bridgehead atoms. The predicted molar refractivity (Wildman–Crippen MR) is 576 cm³/mol. The monoisotopic (exact) mass is 2240 g/mol. The summed E-state index contributed by atoms with van der Waals surface area (Å²) in [4.78, 5) is 60.5. The Labute approximate surface area is 872 Å². The molecule has 4 N–H and O–H groups in total. The van der Waals surface area contributed by atoms with Gasteiger partial charge in [-0.25, -0.2) is 39.9 Å². The fourth-order valence-corrected chi connectivity index (χ4v) is 19.0. The molecule has 9 aliphatic heterocycles. The van der Waals surface area contributed by atoms with E-state index >= 15 is 0 Å². The highest BCUT2D eigenvalue weighted by atomic mass is 127. The van der Waals surface area contributed by atoms with E-state index in [-0.39, 0.29) is 18.3 Å². The van der Waals surface area contributed by atoms with E-state index in [1.807, 2.05) is 143 Å². The number of nitrogens with zero attached hydrogens (tertiary/aromatic N) is 18. The van der Waals surface area contributed by atoms with E-state index in [4.69, 9.17) is 124 Å². The average molecular weight is 2240 g/mol. The van der Waals surface area contributed by atoms with Gasteiger partial charge in [-0.3, -0.25) is 0 Å². The number of imidazole rings is 5. The van der Waals surface area contributed by atoms with Gasteiger partial charge in [-0.05, 0) is 206 Å². The van der Waals surface area contributed by atoms with E-state index in [0.29, 0.717) is 108 Å². The molecule has 40 heteroatoms. The van der Waals surface area contributed by atoms with E-state index in [0.717, 1.165) is 248 Å². The standard InChI is InChI=1S/2C25H25ClN6O2.C17H23BN2O3.C14H14Cl2N4O.C11H11BrN2O.C7H5BrN2.C3H5IO/c1-16-27-22-12-17(2-7-23(22)32(16)20-14-34-15-20)21-13-24(28-19-5-3-18(26)4-6-19)30-25(29-21)31-8-10-33-11-9-31;1-16-27-21-7-2-17(12-23(21)32(16)20-14-34-15-20)22-13-24(28-19-5-3-18(26)4-6-19)30-25(29-22)31-8-10-33-11-9-31;1-11-19-14-7-6-12(8-15(14)20(11)13-9-21-10-13)18-22-16(2,3)17(4,5)23-18;15-10-1-3-11(4-2-10)17-13-9-12(16)18-14(19-13)20-5-7-21-8-6-20;1-7-13-10-3-2-8(12)4-11(10)14(7)9-5-15-6-9;8-5-1-2-6-7(3-5)10-4-9-6;4-3-1-5-2-3/h2*2-7,12-13,20H,8-11,14-15H2,1H3,(H,28,29,30);6-8,13H,9-10H2,1-5H3;1-4,9H,5-8H2,(H,17,18,19);2-4,9H,5-6H2,1H3;1-4H,(H,9,10);3H,1-2H2. The molecular formula is C102H108BBr2Cl4IN22O10. The Morgan fingerprint density at radius 1 is 0.359 bits per heavy atom. The van der Waals surface area contributed by atoms with Gasteiger partial charge in [0.2, 0.25) is 17.8 Å². The van der Waals surface area contributed by atoms with Crippen molar-refractivity contribution in [3.05, 3.63) is 241 Å². The van der Waals surface area contributed by atoms with Gasteiger partial charge in [-0.15, -0.1) is 0 Å². The SMILES string of the molecule is Brc1ccc2nc[nH]c2c1.Cc1nc2cc(-c3cc(Nc4ccc(Cl)cc4)nc(N4CCOCC4)n3)ccc2n1C1COC1.Cc1nc2ccc(-c3cc(Nc4ccc(Cl)cc4)nc(N4CCOCC4)n3)cc2n1C1COC1.Cc1nc2ccc(B3OC(C)(C)C(C)(C)O3)cc2n1C1COC1.Cc1nc2ccc(Br)cc2n1C1COC1.Clc1ccc(Nc2cc(Cl)nc(N3CCOCC3)n2)cc1.IC1COC1. The van der Waals surface area contributed by atoms with Crippen LogP contribution in [0, 0.1) is 27.7 Å². The van der Waals surface area contributed by atoms with E-state index in [9.17, 15) is 0 Å². The van der Waals surface area contributed by atoms with Gasteiger partial charge in [0.1, 0.15) is 45.9 Å². The number of aryl methyl sites for hydroxylation is 4. The molecule has 738 valence electrons. The highest BCUT2D eigenvalue weighted by molar-refractivity contribution is 14.1. The van der Waals surface area contributed by atoms with E-state index in [1.165, 1.54) is 5.52 Å². The van der Waals surface area contributed by atoms with Crippen molar-refractivity contribution in [2.45, 2.75) is 94.7 Å². The van der Waals surface area contributed by atoms with Crippen molar-refractivity contribution in [3.8, 4) is 22.5 Å². The zero-order valence-corrected chi connectivity index (χ0v) is 88.0. The predicted octanol–water partition coefficient (Wildman–Crippen LogP) is 20.6. The van der Waals surface area contributed by atoms with Crippen LogP contribution < -0.4 is 36.1 Å². The second kappa shape index (κ2) is 45.1. The number of H-pyrrole nitrogens is 1. The molecule has 9 fully saturated rings. The Bertz CT molecular complexity index is 7080. The molecule has 0 amide bonds. The smallest absolute Gasteiger partial charge is 0.399 e. The lowest BCUT2D eigenvalue weighted by atomic mass is 9.79. The van der Waals surface area contributed by atoms with Crippen LogP contribution in [0.25, 0.3) is 77.7 Å². The number of halogens is 7. The summed E-state index contributed by atoms with van der Waals surface area (Å²) in [5.74, 6) is 8.19. The maximum Gasteiger partial charge on any atom is 0.494 e. The lowest BCUT2D eigenvalue weighted by molar-refractivity contribution is -0.0224. The van der Waals surface area contributed by atoms with Gasteiger partial charge >= 0.3 is 7.12 Å². The van der Waals surface area contributed by atoms with Crippen molar-refractivity contribution >= 4 is 221 Å². The number of aromatic amines is 1. The lowest BCUT2D eigenvalue weighted by Gasteiger charge is -2.32. The summed E-state index contributed by atoms with van der Waals surface area (Å²) in [7, 11) is -0.342. The summed E-state index contributed by atoms with van der Waals surface area (Å²) in [5.41, 5.74) is 17.4. The fraction of sp³-hybridized carbons (Fsp3) is 0.363. The summed E-state index contributed by atoms with van der Waals surface area (Å²) in [6, 6.07) is 60.8. The first-order chi connectivity index (χ1) is 68.8. The minimum atomic E-state index is -0.342. The quantitative estimate of drug-likeness (QED) is 0.0302. The van der Waals surface area contributed by atoms with Crippen LogP contribution in [0.4, 0.5) is 52.4 Å². The van der Waals surface area contributed by atoms with Crippen molar-refractivity contribution in [3.63, 3.8) is 0 Å². The third-order valence-electron chi connectivity index (χ3n) is 25.8. The Morgan fingerprint density at radius 3 is 1.13 bits per heavy atom. The molecule has 0 unspecified atom stereocenters. The molecule has 0 radical (unpaired) electrons. The molecule has 0 spiro atoms. The molecule has 32 nitrogen and oxygen atoms in total. The molecule has 9 saturated heterocycles. The minimum absolute atomic E-state index is 0.329. The minimum Gasteiger partial charge on any atom is -0.399 e. The highest BCUT2D eigenvalue weighted by Crippen LogP contribution is 2.40. The Balaban J connectivity index is 0.000000111. The maximum absolute atomic E-state index is 6.17. The van der Waals surface area contributed by atoms with E-state index in [1.54, 1.807) is 12.4 Å². The Kier molecular flexibility index (Phi) is 31.9. The Hall–Kier alpha value is -10.3. The second-order valence-electron chi connectivity index (χ2n) is 36.4. The number of morpholine rings is 3. The van der Waals surface area contributed by atoms with Crippen LogP contribution in [0.5, 0.6) is 0 Å². The topological polar surface area (TPSA) is 315 Å². The van der Waals surface area contributed by atoms with Crippen molar-refractivity contribution in [1.82, 2.24) is 78.1 Å². The number of benzene rings is 8. The summed E-state index contributed by atoms with van der Waals surface area (Å²) < 4.78 is 67.0. The van der Waals surface area contributed by atoms with Crippen LogP contribution in [0.15, 0.2) is 197 Å². The number of hydrogen-bond acceptors (Lipinski definition) is 27. The third kappa shape index (κ3) is 23.9. The van der Waals surface area contributed by atoms with Crippen LogP contribution in [-0.4, -0.2) is 245 Å². The molecule has 8 aromatic carbocycles. The second-order valence-corrected chi connectivity index (χ2v) is 41.7. The molecule has 25 rings (SSSR count). The molecule has 16 aromatic rings. The summed E-state index contributed by atoms with van der Waals surface area (Å²) in [5, 5.41) is 12.5. The van der Waals surface area contributed by atoms with E-state index in [2.05, 4.69) is 222 Å². The normalized spacial score (nSPS) is 17.4. The highest BCUT2D eigenvalue weighted by Gasteiger charge is 2.52. The van der Waals surface area contributed by atoms with Crippen LogP contribution in [0.1, 0.15) is 75.2 Å². The van der Waals surface area contributed by atoms with Gasteiger partial charge in [-0.2, -0.15) is 15.0 Å². The molecule has 8 aromatic heterocycles.